The molecule has 0 saturated carbocycles. The van der Waals surface area contributed by atoms with E-state index in [2.05, 4.69) is 15.9 Å². The van der Waals surface area contributed by atoms with Gasteiger partial charge in [-0.25, -0.2) is 0 Å². The largest absolute Gasteiger partial charge is 0.113 e. The van der Waals surface area contributed by atoms with Gasteiger partial charge in [0.05, 0.1) is 0 Å². The van der Waals surface area contributed by atoms with E-state index in [0.29, 0.717) is 31.6 Å². The molecule has 5 aromatic rings. The van der Waals surface area contributed by atoms with Gasteiger partial charge in [0.2, 0.25) is 0 Å². The maximum Gasteiger partial charge on any atom is 0.113 e. The van der Waals surface area contributed by atoms with Gasteiger partial charge in [-0.2, -0.15) is 0 Å². The van der Waals surface area contributed by atoms with E-state index < -0.39 is 0 Å². The van der Waals surface area contributed by atoms with E-state index in [9.17, 15) is 0 Å². The standard InChI is InChI=1S/C26H9B8Br/c27-18-14-13(12-9-5-4-8-11(12)10-6-2-1-3-7-10)15-17(21(30)25(34)23(32)19(15)28)26(35)16(14)20(29)24(33)22(18)31/h1-9H. The summed E-state index contributed by atoms with van der Waals surface area (Å²) in [4.78, 5) is 0. The monoisotopic (exact) mass is 488 g/mol. The van der Waals surface area contributed by atoms with Gasteiger partial charge in [0.15, 0.2) is 0 Å². The molecule has 144 valence electrons. The van der Waals surface area contributed by atoms with Crippen LogP contribution in [-0.2, 0) is 0 Å². The highest BCUT2D eigenvalue weighted by Crippen LogP contribution is 2.41. The van der Waals surface area contributed by atoms with Crippen molar-refractivity contribution in [2.45, 2.75) is 0 Å². The average Bonchev–Trinajstić information content (AvgIpc) is 2.88. The molecule has 5 rings (SSSR count). The summed E-state index contributed by atoms with van der Waals surface area (Å²) in [6.07, 6.45) is 0. The van der Waals surface area contributed by atoms with Gasteiger partial charge in [-0.1, -0.05) is 76.4 Å². The maximum atomic E-state index is 6.62. The van der Waals surface area contributed by atoms with Crippen LogP contribution in [0.3, 0.4) is 0 Å². The Balaban J connectivity index is 2.16. The molecule has 0 amide bonds. The molecule has 16 radical (unpaired) electrons. The number of halogens is 1. The van der Waals surface area contributed by atoms with Crippen LogP contribution in [0.2, 0.25) is 0 Å². The van der Waals surface area contributed by atoms with Crippen molar-refractivity contribution in [3.05, 3.63) is 59.1 Å². The molecule has 0 fully saturated rings. The predicted octanol–water partition coefficient (Wildman–Crippen LogP) is -1.56. The molecule has 0 saturated heterocycles. The lowest BCUT2D eigenvalue weighted by Crippen LogP contribution is -2.49. The first kappa shape index (κ1) is 24.3. The highest BCUT2D eigenvalue weighted by molar-refractivity contribution is 9.10. The van der Waals surface area contributed by atoms with Crippen LogP contribution in [0.1, 0.15) is 0 Å². The van der Waals surface area contributed by atoms with Gasteiger partial charge in [0.25, 0.3) is 0 Å². The normalized spacial score (nSPS) is 11.3. The molecule has 0 aliphatic heterocycles. The number of hydrogen-bond donors (Lipinski definition) is 0. The molecule has 0 atom stereocenters. The summed E-state index contributed by atoms with van der Waals surface area (Å²) >= 11 is 3.68. The highest BCUT2D eigenvalue weighted by atomic mass is 79.9. The summed E-state index contributed by atoms with van der Waals surface area (Å²) in [6, 6.07) is 17.8. The molecule has 0 nitrogen and oxygen atoms in total. The van der Waals surface area contributed by atoms with Crippen LogP contribution in [0, 0.1) is 0 Å². The van der Waals surface area contributed by atoms with Gasteiger partial charge < -0.3 is 0 Å². The van der Waals surface area contributed by atoms with E-state index in [-0.39, 0.29) is 43.7 Å². The van der Waals surface area contributed by atoms with E-state index in [1.165, 1.54) is 0 Å². The molecule has 0 aliphatic rings. The molecule has 0 N–H and O–H groups in total. The molecule has 35 heavy (non-hydrogen) atoms. The molecule has 5 aromatic carbocycles. The van der Waals surface area contributed by atoms with Crippen molar-refractivity contribution in [2.24, 2.45) is 0 Å². The predicted molar refractivity (Wildman–Crippen MR) is 163 cm³/mol. The van der Waals surface area contributed by atoms with Crippen LogP contribution in [0.5, 0.6) is 0 Å². The summed E-state index contributed by atoms with van der Waals surface area (Å²) in [5.41, 5.74) is 5.32. The lowest BCUT2D eigenvalue weighted by Gasteiger charge is -2.27. The molecule has 0 aliphatic carbocycles. The summed E-state index contributed by atoms with van der Waals surface area (Å²) in [5.74, 6) is 0. The first-order valence-electron chi connectivity index (χ1n) is 10.7. The maximum absolute atomic E-state index is 6.62. The third-order valence-electron chi connectivity index (χ3n) is 6.54. The first-order chi connectivity index (χ1) is 16.7. The lowest BCUT2D eigenvalue weighted by atomic mass is 9.60. The summed E-state index contributed by atoms with van der Waals surface area (Å²) in [5, 5.41) is 2.31. The average molecular weight is 488 g/mol. The van der Waals surface area contributed by atoms with Crippen molar-refractivity contribution in [3.8, 4) is 22.3 Å². The van der Waals surface area contributed by atoms with Gasteiger partial charge in [0.1, 0.15) is 62.8 Å². The topological polar surface area (TPSA) is 0 Å². The molecule has 0 unspecified atom stereocenters. The van der Waals surface area contributed by atoms with Gasteiger partial charge >= 0.3 is 0 Å². The van der Waals surface area contributed by atoms with Crippen LogP contribution >= 0.6 is 15.9 Å². The Morgan fingerprint density at radius 1 is 0.400 bits per heavy atom. The Morgan fingerprint density at radius 2 is 0.771 bits per heavy atom. The molecule has 0 bridgehead atoms. The molecular weight excluding hydrogens is 479 g/mol. The second kappa shape index (κ2) is 8.93. The zero-order chi connectivity index (χ0) is 25.2. The summed E-state index contributed by atoms with van der Waals surface area (Å²) in [7, 11) is 51.4. The lowest BCUT2D eigenvalue weighted by molar-refractivity contribution is 1.61. The van der Waals surface area contributed by atoms with Gasteiger partial charge in [-0.3, -0.25) is 0 Å². The van der Waals surface area contributed by atoms with Crippen molar-refractivity contribution in [3.63, 3.8) is 0 Å². The molecule has 0 spiro atoms. The Hall–Kier alpha value is -2.38. The minimum absolute atomic E-state index is 0.187. The number of benzene rings is 5. The van der Waals surface area contributed by atoms with Crippen molar-refractivity contribution < 1.29 is 0 Å². The van der Waals surface area contributed by atoms with Gasteiger partial charge in [-0.15, -0.1) is 21.9 Å². The zero-order valence-corrected chi connectivity index (χ0v) is 20.3. The third kappa shape index (κ3) is 3.53. The molecule has 0 aromatic heterocycles. The number of hydrogen-bond acceptors (Lipinski definition) is 0. The fourth-order valence-corrected chi connectivity index (χ4v) is 5.55. The van der Waals surface area contributed by atoms with Gasteiger partial charge in [0, 0.05) is 4.47 Å². The van der Waals surface area contributed by atoms with Crippen LogP contribution < -0.4 is 43.7 Å². The minimum Gasteiger partial charge on any atom is -0.110 e. The first-order valence-corrected chi connectivity index (χ1v) is 11.5. The van der Waals surface area contributed by atoms with Crippen molar-refractivity contribution >= 4 is 144 Å². The molecule has 0 heterocycles. The van der Waals surface area contributed by atoms with E-state index in [0.717, 1.165) is 16.7 Å². The van der Waals surface area contributed by atoms with Crippen molar-refractivity contribution in [2.75, 3.05) is 0 Å². The van der Waals surface area contributed by atoms with E-state index in [4.69, 9.17) is 62.8 Å². The molecule has 9 heteroatoms. The van der Waals surface area contributed by atoms with Crippen molar-refractivity contribution in [1.29, 1.82) is 0 Å². The Labute approximate surface area is 224 Å². The minimum atomic E-state index is 0.187. The number of rotatable bonds is 2. The van der Waals surface area contributed by atoms with Crippen LogP contribution in [0.15, 0.2) is 59.1 Å². The summed E-state index contributed by atoms with van der Waals surface area (Å²) in [6.45, 7) is 0. The third-order valence-corrected chi connectivity index (χ3v) is 7.33. The Morgan fingerprint density at radius 3 is 1.23 bits per heavy atom. The van der Waals surface area contributed by atoms with E-state index in [1.807, 2.05) is 54.6 Å². The van der Waals surface area contributed by atoms with Crippen LogP contribution in [0.4, 0.5) is 0 Å². The fraction of sp³-hybridized carbons (Fsp3) is 0. The van der Waals surface area contributed by atoms with E-state index >= 15 is 0 Å². The summed E-state index contributed by atoms with van der Waals surface area (Å²) < 4.78 is 0.551. The highest BCUT2D eigenvalue weighted by Gasteiger charge is 2.23. The quantitative estimate of drug-likeness (QED) is 0.209. The SMILES string of the molecule is [B]c1c([B])c([B])c2c(-c3ccccc3-c3ccccc3)c3c([B])c([B])c([B])c([B])c3c(Br)c2c1[B]. The van der Waals surface area contributed by atoms with Crippen LogP contribution in [-0.4, -0.2) is 62.8 Å². The second-order valence-electron chi connectivity index (χ2n) is 8.41. The second-order valence-corrected chi connectivity index (χ2v) is 9.20. The van der Waals surface area contributed by atoms with Gasteiger partial charge in [-0.05, 0) is 59.7 Å². The Bertz CT molecular complexity index is 1600. The van der Waals surface area contributed by atoms with E-state index in [1.54, 1.807) is 0 Å². The smallest absolute Gasteiger partial charge is 0.110 e. The number of fused-ring (bicyclic) bond motifs is 2. The Kier molecular flexibility index (Phi) is 6.20. The fourth-order valence-electron chi connectivity index (χ4n) is 4.72. The van der Waals surface area contributed by atoms with Crippen molar-refractivity contribution in [1.82, 2.24) is 0 Å². The van der Waals surface area contributed by atoms with Crippen LogP contribution in [0.25, 0.3) is 43.8 Å². The molecular formula is C26H9B8Br. The zero-order valence-electron chi connectivity index (χ0n) is 18.7.